The largest absolute Gasteiger partial charge is 0.361 e. The molecule has 1 aromatic heterocycles. The molecular formula is C16H20BrN3O3S. The van der Waals surface area contributed by atoms with Crippen LogP contribution in [-0.2, 0) is 16.6 Å². The third-order valence-electron chi connectivity index (χ3n) is 4.16. The molecule has 1 aromatic carbocycles. The van der Waals surface area contributed by atoms with Crippen LogP contribution >= 0.6 is 15.9 Å². The van der Waals surface area contributed by atoms with Crippen LogP contribution in [0, 0.1) is 13.8 Å². The second kappa shape index (κ2) is 6.95. The summed E-state index contributed by atoms with van der Waals surface area (Å²) in [6.45, 7) is 6.68. The van der Waals surface area contributed by atoms with Crippen LogP contribution in [0.1, 0.15) is 17.0 Å². The zero-order valence-electron chi connectivity index (χ0n) is 13.7. The van der Waals surface area contributed by atoms with Gasteiger partial charge in [0.05, 0.1) is 10.6 Å². The van der Waals surface area contributed by atoms with Crippen molar-refractivity contribution in [3.05, 3.63) is 45.8 Å². The molecule has 0 atom stereocenters. The molecule has 0 aliphatic carbocycles. The van der Waals surface area contributed by atoms with E-state index in [2.05, 4.69) is 26.0 Å². The predicted octanol–water partition coefficient (Wildman–Crippen LogP) is 2.56. The molecule has 0 unspecified atom stereocenters. The highest BCUT2D eigenvalue weighted by molar-refractivity contribution is 9.10. The van der Waals surface area contributed by atoms with Gasteiger partial charge in [-0.05, 0) is 31.5 Å². The van der Waals surface area contributed by atoms with Crippen LogP contribution < -0.4 is 0 Å². The van der Waals surface area contributed by atoms with E-state index in [1.54, 1.807) is 10.4 Å². The van der Waals surface area contributed by atoms with Gasteiger partial charge >= 0.3 is 0 Å². The summed E-state index contributed by atoms with van der Waals surface area (Å²) in [5.41, 5.74) is 1.64. The fourth-order valence-corrected chi connectivity index (χ4v) is 5.03. The molecule has 6 nitrogen and oxygen atoms in total. The number of sulfonamides is 1. The Labute approximate surface area is 150 Å². The van der Waals surface area contributed by atoms with Crippen LogP contribution in [0.15, 0.2) is 38.2 Å². The highest BCUT2D eigenvalue weighted by Gasteiger charge is 2.29. The van der Waals surface area contributed by atoms with Crippen LogP contribution in [0.5, 0.6) is 0 Å². The lowest BCUT2D eigenvalue weighted by atomic mass is 10.2. The molecule has 24 heavy (non-hydrogen) atoms. The summed E-state index contributed by atoms with van der Waals surface area (Å²) >= 11 is 3.35. The van der Waals surface area contributed by atoms with Gasteiger partial charge < -0.3 is 4.52 Å². The Bertz CT molecular complexity index is 827. The number of halogens is 1. The Morgan fingerprint density at radius 2 is 1.88 bits per heavy atom. The van der Waals surface area contributed by atoms with Gasteiger partial charge in [0.1, 0.15) is 5.76 Å². The molecule has 1 aliphatic rings. The molecule has 0 bridgehead atoms. The molecule has 2 aromatic rings. The Balaban J connectivity index is 1.68. The van der Waals surface area contributed by atoms with Gasteiger partial charge in [-0.1, -0.05) is 27.2 Å². The van der Waals surface area contributed by atoms with Crippen molar-refractivity contribution in [3.8, 4) is 0 Å². The van der Waals surface area contributed by atoms with Crippen LogP contribution in [0.4, 0.5) is 0 Å². The molecule has 3 rings (SSSR count). The maximum atomic E-state index is 12.9. The molecular weight excluding hydrogens is 394 g/mol. The summed E-state index contributed by atoms with van der Waals surface area (Å²) in [6.07, 6.45) is 0. The lowest BCUT2D eigenvalue weighted by Crippen LogP contribution is -2.48. The van der Waals surface area contributed by atoms with E-state index in [4.69, 9.17) is 4.52 Å². The van der Waals surface area contributed by atoms with Crippen molar-refractivity contribution < 1.29 is 12.9 Å². The van der Waals surface area contributed by atoms with Gasteiger partial charge in [-0.3, -0.25) is 4.90 Å². The third kappa shape index (κ3) is 3.72. The first-order valence-electron chi connectivity index (χ1n) is 7.77. The standard InChI is InChI=1S/C16H20BrN3O3S/c1-12-3-4-14(17)10-16(12)24(21,22)20-7-5-19(6-8-20)11-15-9-13(2)23-18-15/h3-4,9-10H,5-8,11H2,1-2H3. The maximum Gasteiger partial charge on any atom is 0.243 e. The molecule has 8 heteroatoms. The molecule has 1 saturated heterocycles. The van der Waals surface area contributed by atoms with Crippen molar-refractivity contribution in [1.29, 1.82) is 0 Å². The van der Waals surface area contributed by atoms with Gasteiger partial charge in [-0.25, -0.2) is 8.42 Å². The number of hydrogen-bond acceptors (Lipinski definition) is 5. The summed E-state index contributed by atoms with van der Waals surface area (Å²) in [4.78, 5) is 2.56. The smallest absolute Gasteiger partial charge is 0.243 e. The molecule has 1 fully saturated rings. The molecule has 0 spiro atoms. The number of piperazine rings is 1. The summed E-state index contributed by atoms with van der Waals surface area (Å²) in [5.74, 6) is 0.788. The summed E-state index contributed by atoms with van der Waals surface area (Å²) in [7, 11) is -3.46. The number of aryl methyl sites for hydroxylation is 2. The SMILES string of the molecule is Cc1cc(CN2CCN(S(=O)(=O)c3cc(Br)ccc3C)CC2)no1. The Morgan fingerprint density at radius 3 is 2.50 bits per heavy atom. The second-order valence-electron chi connectivity index (χ2n) is 6.02. The maximum absolute atomic E-state index is 12.9. The lowest BCUT2D eigenvalue weighted by Gasteiger charge is -2.33. The molecule has 0 saturated carbocycles. The van der Waals surface area contributed by atoms with E-state index in [9.17, 15) is 8.42 Å². The van der Waals surface area contributed by atoms with Crippen LogP contribution in [0.3, 0.4) is 0 Å². The minimum atomic E-state index is -3.46. The van der Waals surface area contributed by atoms with Crippen molar-refractivity contribution in [3.63, 3.8) is 0 Å². The third-order valence-corrected chi connectivity index (χ3v) is 6.70. The molecule has 130 valence electrons. The van der Waals surface area contributed by atoms with Crippen molar-refractivity contribution >= 4 is 26.0 Å². The van der Waals surface area contributed by atoms with E-state index in [0.717, 1.165) is 21.5 Å². The number of rotatable bonds is 4. The Morgan fingerprint density at radius 1 is 1.17 bits per heavy atom. The minimum Gasteiger partial charge on any atom is -0.361 e. The van der Waals surface area contributed by atoms with Crippen LogP contribution in [-0.4, -0.2) is 49.0 Å². The fourth-order valence-electron chi connectivity index (χ4n) is 2.84. The zero-order chi connectivity index (χ0) is 17.3. The highest BCUT2D eigenvalue weighted by Crippen LogP contribution is 2.25. The van der Waals surface area contributed by atoms with Crippen molar-refractivity contribution in [2.24, 2.45) is 0 Å². The van der Waals surface area contributed by atoms with Crippen LogP contribution in [0.25, 0.3) is 0 Å². The number of nitrogens with zero attached hydrogens (tertiary/aromatic N) is 3. The van der Waals surface area contributed by atoms with Gasteiger partial charge in [0.2, 0.25) is 10.0 Å². The topological polar surface area (TPSA) is 66.7 Å². The average Bonchev–Trinajstić information content (AvgIpc) is 2.95. The highest BCUT2D eigenvalue weighted by atomic mass is 79.9. The molecule has 0 N–H and O–H groups in total. The van der Waals surface area contributed by atoms with Gasteiger partial charge in [-0.15, -0.1) is 0 Å². The van der Waals surface area contributed by atoms with Gasteiger partial charge in [0.25, 0.3) is 0 Å². The second-order valence-corrected chi connectivity index (χ2v) is 8.84. The molecule has 2 heterocycles. The first kappa shape index (κ1) is 17.6. The fraction of sp³-hybridized carbons (Fsp3) is 0.438. The predicted molar refractivity (Wildman–Crippen MR) is 94.2 cm³/mol. The first-order valence-corrected chi connectivity index (χ1v) is 10.0. The summed E-state index contributed by atoms with van der Waals surface area (Å²) in [6, 6.07) is 7.26. The molecule has 0 radical (unpaired) electrons. The average molecular weight is 414 g/mol. The normalized spacial score (nSPS) is 17.3. The van der Waals surface area contributed by atoms with E-state index >= 15 is 0 Å². The van der Waals surface area contributed by atoms with Crippen molar-refractivity contribution in [1.82, 2.24) is 14.4 Å². The van der Waals surface area contributed by atoms with Crippen molar-refractivity contribution in [2.75, 3.05) is 26.2 Å². The monoisotopic (exact) mass is 413 g/mol. The minimum absolute atomic E-state index is 0.373. The number of hydrogen-bond donors (Lipinski definition) is 0. The van der Waals surface area contributed by atoms with E-state index in [0.29, 0.717) is 37.6 Å². The van der Waals surface area contributed by atoms with Crippen LogP contribution in [0.2, 0.25) is 0 Å². The summed E-state index contributed by atoms with van der Waals surface area (Å²) in [5, 5.41) is 3.99. The number of benzene rings is 1. The molecule has 0 amide bonds. The lowest BCUT2D eigenvalue weighted by molar-refractivity contribution is 0.177. The Hall–Kier alpha value is -1.22. The molecule has 1 aliphatic heterocycles. The quantitative estimate of drug-likeness (QED) is 0.770. The first-order chi connectivity index (χ1) is 11.4. The van der Waals surface area contributed by atoms with Gasteiger partial charge in [0.15, 0.2) is 0 Å². The van der Waals surface area contributed by atoms with E-state index in [-0.39, 0.29) is 0 Å². The van der Waals surface area contributed by atoms with Gasteiger partial charge in [-0.2, -0.15) is 4.31 Å². The van der Waals surface area contributed by atoms with E-state index in [1.807, 2.05) is 32.0 Å². The Kier molecular flexibility index (Phi) is 5.10. The van der Waals surface area contributed by atoms with Gasteiger partial charge in [0, 0.05) is 43.3 Å². The van der Waals surface area contributed by atoms with E-state index < -0.39 is 10.0 Å². The zero-order valence-corrected chi connectivity index (χ0v) is 16.1. The number of aromatic nitrogens is 1. The van der Waals surface area contributed by atoms with Crippen molar-refractivity contribution in [2.45, 2.75) is 25.3 Å². The van der Waals surface area contributed by atoms with E-state index in [1.165, 1.54) is 0 Å². The summed E-state index contributed by atoms with van der Waals surface area (Å²) < 4.78 is 33.2.